The minimum absolute atomic E-state index is 0.0794. The van der Waals surface area contributed by atoms with Crippen LogP contribution in [-0.2, 0) is 0 Å². The van der Waals surface area contributed by atoms with Crippen LogP contribution >= 0.6 is 0 Å². The van der Waals surface area contributed by atoms with Gasteiger partial charge in [0, 0.05) is 55.6 Å². The minimum atomic E-state index is -0.0794. The van der Waals surface area contributed by atoms with E-state index in [4.69, 9.17) is 9.40 Å². The third kappa shape index (κ3) is 5.94. The van der Waals surface area contributed by atoms with Crippen LogP contribution in [0.4, 0.5) is 11.8 Å². The van der Waals surface area contributed by atoms with E-state index in [1.807, 2.05) is 30.5 Å². The molecule has 0 spiro atoms. The van der Waals surface area contributed by atoms with Crippen LogP contribution < -0.4 is 15.1 Å². The van der Waals surface area contributed by atoms with Crippen molar-refractivity contribution in [1.29, 1.82) is 5.26 Å². The van der Waals surface area contributed by atoms with E-state index in [0.717, 1.165) is 61.9 Å². The second kappa shape index (κ2) is 12.2. The molecule has 1 amide bonds. The number of amides is 1. The lowest BCUT2D eigenvalue weighted by atomic mass is 9.96. The summed E-state index contributed by atoms with van der Waals surface area (Å²) in [7, 11) is 0. The van der Waals surface area contributed by atoms with Crippen LogP contribution in [0.2, 0.25) is 0 Å². The molecule has 0 saturated carbocycles. The van der Waals surface area contributed by atoms with Gasteiger partial charge in [-0.1, -0.05) is 13.8 Å². The Kier molecular flexibility index (Phi) is 8.04. The molecule has 4 heterocycles. The summed E-state index contributed by atoms with van der Waals surface area (Å²) in [6, 6.07) is 15.2. The minimum Gasteiger partial charge on any atom is -0.436 e. The van der Waals surface area contributed by atoms with Crippen molar-refractivity contribution >= 4 is 28.8 Å². The van der Waals surface area contributed by atoms with E-state index in [0.29, 0.717) is 40.6 Å². The Morgan fingerprint density at radius 3 is 2.50 bits per heavy atom. The fourth-order valence-electron chi connectivity index (χ4n) is 5.91. The highest BCUT2D eigenvalue weighted by Gasteiger charge is 2.23. The van der Waals surface area contributed by atoms with Gasteiger partial charge in [-0.25, -0.2) is 9.97 Å². The summed E-state index contributed by atoms with van der Waals surface area (Å²) in [4.78, 5) is 31.6. The Morgan fingerprint density at radius 1 is 1.02 bits per heavy atom. The van der Waals surface area contributed by atoms with Crippen molar-refractivity contribution < 1.29 is 9.21 Å². The lowest BCUT2D eigenvalue weighted by Gasteiger charge is -2.33. The molecule has 9 nitrogen and oxygen atoms in total. The number of rotatable bonds is 7. The third-order valence-corrected chi connectivity index (χ3v) is 8.42. The van der Waals surface area contributed by atoms with Crippen LogP contribution in [0, 0.1) is 17.2 Å². The molecule has 2 aromatic heterocycles. The van der Waals surface area contributed by atoms with E-state index in [-0.39, 0.29) is 11.8 Å². The number of fused-ring (bicyclic) bond motifs is 1. The van der Waals surface area contributed by atoms with E-state index in [1.54, 1.807) is 18.2 Å². The number of carbonyl (C=O) groups is 1. The van der Waals surface area contributed by atoms with E-state index < -0.39 is 0 Å². The van der Waals surface area contributed by atoms with Gasteiger partial charge >= 0.3 is 0 Å². The molecular weight excluding hydrogens is 526 g/mol. The van der Waals surface area contributed by atoms with Gasteiger partial charge in [-0.15, -0.1) is 0 Å². The van der Waals surface area contributed by atoms with Crippen LogP contribution in [0.15, 0.2) is 53.1 Å². The molecule has 2 aromatic carbocycles. The molecule has 0 radical (unpaired) electrons. The van der Waals surface area contributed by atoms with Crippen LogP contribution in [0.1, 0.15) is 73.4 Å². The number of carbonyl (C=O) groups excluding carboxylic acids is 1. The molecule has 2 aliphatic rings. The molecule has 216 valence electrons. The monoisotopic (exact) mass is 563 g/mol. The quantitative estimate of drug-likeness (QED) is 0.295. The Bertz CT molecular complexity index is 1590. The first kappa shape index (κ1) is 27.7. The highest BCUT2D eigenvalue weighted by atomic mass is 16.3. The first-order chi connectivity index (χ1) is 20.5. The Hall–Kier alpha value is -4.45. The average Bonchev–Trinajstić information content (AvgIpc) is 3.48. The summed E-state index contributed by atoms with van der Waals surface area (Å²) in [5, 5.41) is 12.5. The van der Waals surface area contributed by atoms with Crippen molar-refractivity contribution in [2.24, 2.45) is 5.92 Å². The Labute approximate surface area is 246 Å². The maximum atomic E-state index is 12.9. The lowest BCUT2D eigenvalue weighted by molar-refractivity contribution is 0.0945. The SMILES string of the molecule is CC(C)c1cc(C#N)cc2nc(-c3ccc(C(=O)NCC4CCN(c5ccnc(N6CCCCC6)n5)CC4)cc3)oc12. The molecule has 0 aliphatic carbocycles. The summed E-state index contributed by atoms with van der Waals surface area (Å²) in [6.45, 7) is 8.70. The Balaban J connectivity index is 1.03. The molecule has 2 saturated heterocycles. The smallest absolute Gasteiger partial charge is 0.251 e. The topological polar surface area (TPSA) is 111 Å². The molecule has 6 rings (SSSR count). The molecule has 0 unspecified atom stereocenters. The van der Waals surface area contributed by atoms with Crippen LogP contribution in [0.3, 0.4) is 0 Å². The number of hydrogen-bond acceptors (Lipinski definition) is 8. The highest BCUT2D eigenvalue weighted by Crippen LogP contribution is 2.31. The first-order valence-electron chi connectivity index (χ1n) is 15.0. The Morgan fingerprint density at radius 2 is 1.79 bits per heavy atom. The van der Waals surface area contributed by atoms with Crippen molar-refractivity contribution in [2.45, 2.75) is 51.9 Å². The molecule has 1 N–H and O–H groups in total. The molecule has 0 atom stereocenters. The highest BCUT2D eigenvalue weighted by molar-refractivity contribution is 5.94. The largest absolute Gasteiger partial charge is 0.436 e. The third-order valence-electron chi connectivity index (χ3n) is 8.42. The van der Waals surface area contributed by atoms with Crippen molar-refractivity contribution in [3.8, 4) is 17.5 Å². The number of hydrogen-bond donors (Lipinski definition) is 1. The van der Waals surface area contributed by atoms with E-state index in [2.05, 4.69) is 45.0 Å². The van der Waals surface area contributed by atoms with Gasteiger partial charge in [-0.3, -0.25) is 4.79 Å². The van der Waals surface area contributed by atoms with E-state index in [1.165, 1.54) is 19.3 Å². The van der Waals surface area contributed by atoms with Gasteiger partial charge in [-0.05, 0) is 86.4 Å². The molecule has 2 fully saturated rings. The number of aromatic nitrogens is 3. The molecule has 42 heavy (non-hydrogen) atoms. The average molecular weight is 564 g/mol. The predicted octanol–water partition coefficient (Wildman–Crippen LogP) is 5.92. The molecule has 4 aromatic rings. The maximum Gasteiger partial charge on any atom is 0.251 e. The number of nitrogens with zero attached hydrogens (tertiary/aromatic N) is 6. The van der Waals surface area contributed by atoms with Gasteiger partial charge in [0.05, 0.1) is 11.6 Å². The predicted molar refractivity (Wildman–Crippen MR) is 164 cm³/mol. The standard InChI is InChI=1S/C33H37N7O2/c1-22(2)27-18-24(20-34)19-28-30(27)42-32(37-28)26-8-6-25(7-9-26)31(41)36-21-23-11-16-39(17-12-23)29-10-13-35-33(38-29)40-14-4-3-5-15-40/h6-10,13,18-19,22-23H,3-5,11-12,14-17,21H2,1-2H3,(H,36,41). The van der Waals surface area contributed by atoms with Crippen molar-refractivity contribution in [3.05, 3.63) is 65.4 Å². The van der Waals surface area contributed by atoms with E-state index in [9.17, 15) is 10.1 Å². The molecule has 0 bridgehead atoms. The summed E-state index contributed by atoms with van der Waals surface area (Å²) < 4.78 is 6.12. The number of piperidine rings is 2. The second-order valence-corrected chi connectivity index (χ2v) is 11.7. The first-order valence-corrected chi connectivity index (χ1v) is 15.0. The van der Waals surface area contributed by atoms with Crippen LogP contribution in [-0.4, -0.2) is 53.6 Å². The second-order valence-electron chi connectivity index (χ2n) is 11.7. The van der Waals surface area contributed by atoms with Gasteiger partial charge in [0.25, 0.3) is 5.91 Å². The number of oxazole rings is 1. The zero-order valence-electron chi connectivity index (χ0n) is 24.3. The maximum absolute atomic E-state index is 12.9. The van der Waals surface area contributed by atoms with Gasteiger partial charge in [0.2, 0.25) is 11.8 Å². The molecule has 9 heteroatoms. The molecular formula is C33H37N7O2. The summed E-state index contributed by atoms with van der Waals surface area (Å²) in [5.74, 6) is 2.87. The van der Waals surface area contributed by atoms with Gasteiger partial charge in [0.15, 0.2) is 5.58 Å². The van der Waals surface area contributed by atoms with Crippen molar-refractivity contribution in [3.63, 3.8) is 0 Å². The lowest BCUT2D eigenvalue weighted by Crippen LogP contribution is -2.39. The normalized spacial score (nSPS) is 16.1. The summed E-state index contributed by atoms with van der Waals surface area (Å²) >= 11 is 0. The zero-order chi connectivity index (χ0) is 29.1. The zero-order valence-corrected chi connectivity index (χ0v) is 24.3. The fourth-order valence-corrected chi connectivity index (χ4v) is 5.91. The fraction of sp³-hybridized carbons (Fsp3) is 0.424. The van der Waals surface area contributed by atoms with E-state index >= 15 is 0 Å². The number of nitriles is 1. The summed E-state index contributed by atoms with van der Waals surface area (Å²) in [5.41, 5.74) is 4.30. The van der Waals surface area contributed by atoms with Gasteiger partial charge in [0.1, 0.15) is 11.3 Å². The van der Waals surface area contributed by atoms with Crippen LogP contribution in [0.25, 0.3) is 22.6 Å². The number of nitrogens with one attached hydrogen (secondary N) is 1. The number of benzene rings is 2. The van der Waals surface area contributed by atoms with Crippen LogP contribution in [0.5, 0.6) is 0 Å². The van der Waals surface area contributed by atoms with Gasteiger partial charge < -0.3 is 19.5 Å². The summed E-state index contributed by atoms with van der Waals surface area (Å²) in [6.07, 6.45) is 7.59. The number of anilines is 2. The van der Waals surface area contributed by atoms with Gasteiger partial charge in [-0.2, -0.15) is 10.2 Å². The molecule has 2 aliphatic heterocycles. The van der Waals surface area contributed by atoms with Crippen molar-refractivity contribution in [1.82, 2.24) is 20.3 Å². The van der Waals surface area contributed by atoms with Crippen molar-refractivity contribution in [2.75, 3.05) is 42.5 Å².